The van der Waals surface area contributed by atoms with E-state index in [1.54, 1.807) is 6.07 Å². The Kier molecular flexibility index (Phi) is 3.90. The molecule has 0 fully saturated rings. The zero-order chi connectivity index (χ0) is 14.0. The Morgan fingerprint density at radius 1 is 1.58 bits per heavy atom. The van der Waals surface area contributed by atoms with E-state index in [9.17, 15) is 9.59 Å². The van der Waals surface area contributed by atoms with E-state index in [0.29, 0.717) is 23.1 Å². The van der Waals surface area contributed by atoms with Crippen molar-refractivity contribution < 1.29 is 14.3 Å². The third-order valence-electron chi connectivity index (χ3n) is 2.93. The number of fused-ring (bicyclic) bond motifs is 1. The van der Waals surface area contributed by atoms with Crippen molar-refractivity contribution in [2.45, 2.75) is 25.8 Å². The van der Waals surface area contributed by atoms with Crippen molar-refractivity contribution >= 4 is 35.0 Å². The highest BCUT2D eigenvalue weighted by Gasteiger charge is 2.28. The zero-order valence-electron chi connectivity index (χ0n) is 10.6. The van der Waals surface area contributed by atoms with Gasteiger partial charge in [0.15, 0.2) is 5.82 Å². The average Bonchev–Trinajstić information content (AvgIpc) is 2.37. The van der Waals surface area contributed by atoms with Crippen molar-refractivity contribution in [2.24, 2.45) is 0 Å². The molecule has 0 unspecified atom stereocenters. The summed E-state index contributed by atoms with van der Waals surface area (Å²) in [6.45, 7) is 1.84. The third-order valence-corrected chi connectivity index (χ3v) is 3.12. The Bertz CT molecular complexity index is 533. The predicted molar refractivity (Wildman–Crippen MR) is 71.3 cm³/mol. The van der Waals surface area contributed by atoms with Gasteiger partial charge in [0, 0.05) is 6.42 Å². The van der Waals surface area contributed by atoms with Crippen LogP contribution in [0.3, 0.4) is 0 Å². The fourth-order valence-electron chi connectivity index (χ4n) is 1.90. The van der Waals surface area contributed by atoms with Gasteiger partial charge in [0.05, 0.1) is 12.8 Å². The summed E-state index contributed by atoms with van der Waals surface area (Å²) in [5.41, 5.74) is 1.46. The number of anilines is 2. The Morgan fingerprint density at radius 3 is 3.00 bits per heavy atom. The maximum absolute atomic E-state index is 11.9. The van der Waals surface area contributed by atoms with Crippen LogP contribution in [-0.4, -0.2) is 30.0 Å². The lowest BCUT2D eigenvalue weighted by atomic mass is 10.1. The van der Waals surface area contributed by atoms with Crippen LogP contribution in [0.2, 0.25) is 5.15 Å². The van der Waals surface area contributed by atoms with Crippen LogP contribution in [0.25, 0.3) is 0 Å². The second-order valence-corrected chi connectivity index (χ2v) is 4.67. The highest BCUT2D eigenvalue weighted by Crippen LogP contribution is 2.31. The van der Waals surface area contributed by atoms with E-state index >= 15 is 0 Å². The van der Waals surface area contributed by atoms with Crippen LogP contribution in [0.15, 0.2) is 6.07 Å². The lowest BCUT2D eigenvalue weighted by Crippen LogP contribution is -2.40. The molecule has 0 aromatic carbocycles. The van der Waals surface area contributed by atoms with Gasteiger partial charge in [0.25, 0.3) is 0 Å². The van der Waals surface area contributed by atoms with Crippen molar-refractivity contribution in [1.29, 1.82) is 0 Å². The number of methoxy groups -OCH3 is 1. The Balaban J connectivity index is 2.15. The van der Waals surface area contributed by atoms with Gasteiger partial charge in [0.2, 0.25) is 5.91 Å². The van der Waals surface area contributed by atoms with E-state index in [1.807, 2.05) is 6.92 Å². The molecule has 102 valence electrons. The van der Waals surface area contributed by atoms with E-state index in [1.165, 1.54) is 7.11 Å². The third kappa shape index (κ3) is 2.96. The number of carbonyl (C=O) groups excluding carboxylic acids is 2. The van der Waals surface area contributed by atoms with E-state index in [-0.39, 0.29) is 18.3 Å². The molecule has 2 rings (SSSR count). The second-order valence-electron chi connectivity index (χ2n) is 4.29. The SMILES string of the molecule is COC(=O)CC[C@@H]1Nc2nc(Cl)cc(C)c2NC1=O. The van der Waals surface area contributed by atoms with Gasteiger partial charge in [-0.1, -0.05) is 11.6 Å². The molecular formula is C12H14ClN3O3. The van der Waals surface area contributed by atoms with Gasteiger partial charge < -0.3 is 15.4 Å². The monoisotopic (exact) mass is 283 g/mol. The van der Waals surface area contributed by atoms with E-state index in [2.05, 4.69) is 20.4 Å². The molecule has 0 saturated heterocycles. The smallest absolute Gasteiger partial charge is 0.305 e. The number of halogens is 1. The molecule has 0 radical (unpaired) electrons. The molecule has 0 aliphatic carbocycles. The summed E-state index contributed by atoms with van der Waals surface area (Å²) in [6, 6.07) is 1.16. The van der Waals surface area contributed by atoms with Gasteiger partial charge in [-0.15, -0.1) is 0 Å². The first-order valence-electron chi connectivity index (χ1n) is 5.82. The Morgan fingerprint density at radius 2 is 2.32 bits per heavy atom. The summed E-state index contributed by atoms with van der Waals surface area (Å²) in [5.74, 6) is -0.0151. The zero-order valence-corrected chi connectivity index (χ0v) is 11.4. The molecular weight excluding hydrogens is 270 g/mol. The van der Waals surface area contributed by atoms with Gasteiger partial charge in [0.1, 0.15) is 11.2 Å². The molecule has 0 spiro atoms. The van der Waals surface area contributed by atoms with Crippen molar-refractivity contribution in [2.75, 3.05) is 17.7 Å². The lowest BCUT2D eigenvalue weighted by molar-refractivity contribution is -0.140. The lowest BCUT2D eigenvalue weighted by Gasteiger charge is -2.26. The van der Waals surface area contributed by atoms with Crippen LogP contribution in [0.5, 0.6) is 0 Å². The van der Waals surface area contributed by atoms with Gasteiger partial charge in [-0.05, 0) is 25.0 Å². The van der Waals surface area contributed by atoms with Crippen LogP contribution in [0, 0.1) is 6.92 Å². The van der Waals surface area contributed by atoms with Crippen LogP contribution in [0.1, 0.15) is 18.4 Å². The van der Waals surface area contributed by atoms with Gasteiger partial charge >= 0.3 is 5.97 Å². The fourth-order valence-corrected chi connectivity index (χ4v) is 2.15. The fraction of sp³-hybridized carbons (Fsp3) is 0.417. The minimum atomic E-state index is -0.517. The summed E-state index contributed by atoms with van der Waals surface area (Å²) in [4.78, 5) is 27.1. The Hall–Kier alpha value is -1.82. The first-order chi connectivity index (χ1) is 9.01. The van der Waals surface area contributed by atoms with E-state index in [4.69, 9.17) is 11.6 Å². The number of aryl methyl sites for hydroxylation is 1. The molecule has 0 bridgehead atoms. The first-order valence-corrected chi connectivity index (χ1v) is 6.20. The van der Waals surface area contributed by atoms with Crippen molar-refractivity contribution in [3.05, 3.63) is 16.8 Å². The summed E-state index contributed by atoms with van der Waals surface area (Å²) < 4.78 is 4.55. The number of esters is 1. The largest absolute Gasteiger partial charge is 0.469 e. The number of nitrogens with one attached hydrogen (secondary N) is 2. The molecule has 1 amide bonds. The molecule has 2 heterocycles. The topological polar surface area (TPSA) is 80.3 Å². The quantitative estimate of drug-likeness (QED) is 0.652. The minimum Gasteiger partial charge on any atom is -0.469 e. The number of hydrogen-bond donors (Lipinski definition) is 2. The van der Waals surface area contributed by atoms with Crippen molar-refractivity contribution in [1.82, 2.24) is 4.98 Å². The summed E-state index contributed by atoms with van der Waals surface area (Å²) in [7, 11) is 1.32. The molecule has 7 heteroatoms. The number of carbonyl (C=O) groups is 2. The van der Waals surface area contributed by atoms with Gasteiger partial charge in [-0.2, -0.15) is 0 Å². The molecule has 1 aliphatic rings. The van der Waals surface area contributed by atoms with Gasteiger partial charge in [-0.3, -0.25) is 9.59 Å². The maximum atomic E-state index is 11.9. The van der Waals surface area contributed by atoms with E-state index < -0.39 is 6.04 Å². The number of pyridine rings is 1. The molecule has 1 aromatic rings. The number of amides is 1. The predicted octanol–water partition coefficient (Wildman–Crippen LogP) is 1.73. The standard InChI is InChI=1S/C12H14ClN3O3/c1-6-5-8(13)15-11-10(6)16-12(18)7(14-11)3-4-9(17)19-2/h5,7H,3-4H2,1-2H3,(H,14,15)(H,16,18)/t7-/m0/s1. The number of aromatic nitrogens is 1. The van der Waals surface area contributed by atoms with Crippen LogP contribution in [0.4, 0.5) is 11.5 Å². The molecule has 1 atom stereocenters. The average molecular weight is 284 g/mol. The molecule has 0 saturated carbocycles. The number of rotatable bonds is 3. The molecule has 1 aromatic heterocycles. The first kappa shape index (κ1) is 13.6. The number of ether oxygens (including phenoxy) is 1. The number of nitrogens with zero attached hydrogens (tertiary/aromatic N) is 1. The number of hydrogen-bond acceptors (Lipinski definition) is 5. The van der Waals surface area contributed by atoms with Gasteiger partial charge in [-0.25, -0.2) is 4.98 Å². The van der Waals surface area contributed by atoms with Crippen LogP contribution in [-0.2, 0) is 14.3 Å². The molecule has 2 N–H and O–H groups in total. The van der Waals surface area contributed by atoms with E-state index in [0.717, 1.165) is 5.56 Å². The maximum Gasteiger partial charge on any atom is 0.305 e. The summed E-state index contributed by atoms with van der Waals surface area (Å²) in [6.07, 6.45) is 0.502. The second kappa shape index (κ2) is 5.44. The van der Waals surface area contributed by atoms with Crippen LogP contribution >= 0.6 is 11.6 Å². The normalized spacial score (nSPS) is 17.2. The molecule has 1 aliphatic heterocycles. The van der Waals surface area contributed by atoms with Crippen molar-refractivity contribution in [3.8, 4) is 0 Å². The molecule has 19 heavy (non-hydrogen) atoms. The Labute approximate surface area is 115 Å². The minimum absolute atomic E-state index is 0.163. The summed E-state index contributed by atoms with van der Waals surface area (Å²) in [5, 5.41) is 6.12. The molecule has 6 nitrogen and oxygen atoms in total. The summed E-state index contributed by atoms with van der Waals surface area (Å²) >= 11 is 5.88. The highest BCUT2D eigenvalue weighted by molar-refractivity contribution is 6.29. The van der Waals surface area contributed by atoms with Crippen LogP contribution < -0.4 is 10.6 Å². The highest BCUT2D eigenvalue weighted by atomic mass is 35.5. The van der Waals surface area contributed by atoms with Crippen molar-refractivity contribution in [3.63, 3.8) is 0 Å².